The summed E-state index contributed by atoms with van der Waals surface area (Å²) in [5.74, 6) is -0.159. The Morgan fingerprint density at radius 1 is 1.50 bits per heavy atom. The highest BCUT2D eigenvalue weighted by Gasteiger charge is 2.01. The van der Waals surface area contributed by atoms with Crippen LogP contribution < -0.4 is 11.1 Å². The predicted octanol–water partition coefficient (Wildman–Crippen LogP) is 1.45. The Morgan fingerprint density at radius 2 is 2.21 bits per heavy atom. The van der Waals surface area contributed by atoms with Crippen molar-refractivity contribution in [1.82, 2.24) is 0 Å². The summed E-state index contributed by atoms with van der Waals surface area (Å²) in [7, 11) is 0. The van der Waals surface area contributed by atoms with Gasteiger partial charge in [-0.15, -0.1) is 0 Å². The Labute approximate surface area is 84.3 Å². The number of amides is 1. The first-order chi connectivity index (χ1) is 6.67. The first-order valence-electron chi connectivity index (χ1n) is 4.76. The lowest BCUT2D eigenvalue weighted by Crippen LogP contribution is -2.21. The van der Waals surface area contributed by atoms with Gasteiger partial charge in [0.2, 0.25) is 5.91 Å². The molecule has 0 heterocycles. The summed E-state index contributed by atoms with van der Waals surface area (Å²) in [6.45, 7) is 4.17. The Hall–Kier alpha value is -1.35. The summed E-state index contributed by atoms with van der Waals surface area (Å²) in [5, 5.41) is 2.72. The van der Waals surface area contributed by atoms with E-state index in [2.05, 4.69) is 12.2 Å². The summed E-state index contributed by atoms with van der Waals surface area (Å²) in [6, 6.07) is 5.90. The Bertz CT molecular complexity index is 334. The SMILES string of the molecule is CCc1ccc(NC(=O)CN)cc1C. The Morgan fingerprint density at radius 3 is 2.71 bits per heavy atom. The molecule has 1 aromatic rings. The van der Waals surface area contributed by atoms with Crippen LogP contribution in [0.3, 0.4) is 0 Å². The molecule has 3 nitrogen and oxygen atoms in total. The zero-order valence-corrected chi connectivity index (χ0v) is 8.63. The number of hydrogen-bond donors (Lipinski definition) is 2. The van der Waals surface area contributed by atoms with Gasteiger partial charge in [0, 0.05) is 5.69 Å². The van der Waals surface area contributed by atoms with Gasteiger partial charge in [-0.25, -0.2) is 0 Å². The summed E-state index contributed by atoms with van der Waals surface area (Å²) in [4.78, 5) is 11.0. The molecule has 0 aliphatic rings. The van der Waals surface area contributed by atoms with Crippen molar-refractivity contribution in [3.63, 3.8) is 0 Å². The fraction of sp³-hybridized carbons (Fsp3) is 0.364. The second-order valence-electron chi connectivity index (χ2n) is 3.25. The minimum Gasteiger partial charge on any atom is -0.325 e. The molecule has 0 spiro atoms. The van der Waals surface area contributed by atoms with Gasteiger partial charge >= 0.3 is 0 Å². The number of rotatable bonds is 3. The number of anilines is 1. The van der Waals surface area contributed by atoms with E-state index in [1.807, 2.05) is 25.1 Å². The molecule has 0 saturated carbocycles. The molecule has 1 aromatic carbocycles. The van der Waals surface area contributed by atoms with Gasteiger partial charge in [0.05, 0.1) is 6.54 Å². The lowest BCUT2D eigenvalue weighted by atomic mass is 10.1. The molecule has 0 unspecified atom stereocenters. The molecule has 0 bridgehead atoms. The average Bonchev–Trinajstić information content (AvgIpc) is 2.18. The lowest BCUT2D eigenvalue weighted by Gasteiger charge is -2.07. The second kappa shape index (κ2) is 4.77. The lowest BCUT2D eigenvalue weighted by molar-refractivity contribution is -0.114. The molecule has 3 N–H and O–H groups in total. The number of hydrogen-bond acceptors (Lipinski definition) is 2. The Balaban J connectivity index is 2.81. The molecule has 0 aromatic heterocycles. The zero-order chi connectivity index (χ0) is 10.6. The number of nitrogens with one attached hydrogen (secondary N) is 1. The molecule has 14 heavy (non-hydrogen) atoms. The first kappa shape index (κ1) is 10.7. The van der Waals surface area contributed by atoms with Gasteiger partial charge < -0.3 is 11.1 Å². The van der Waals surface area contributed by atoms with Crippen molar-refractivity contribution in [2.24, 2.45) is 5.73 Å². The molecule has 0 aliphatic carbocycles. The Kier molecular flexibility index (Phi) is 3.65. The van der Waals surface area contributed by atoms with Crippen molar-refractivity contribution in [3.05, 3.63) is 29.3 Å². The topological polar surface area (TPSA) is 55.1 Å². The third kappa shape index (κ3) is 2.57. The second-order valence-corrected chi connectivity index (χ2v) is 3.25. The smallest absolute Gasteiger partial charge is 0.238 e. The van der Waals surface area contributed by atoms with Crippen LogP contribution in [0.25, 0.3) is 0 Å². The van der Waals surface area contributed by atoms with E-state index in [1.54, 1.807) is 0 Å². The number of aryl methyl sites for hydroxylation is 2. The van der Waals surface area contributed by atoms with Crippen LogP contribution in [-0.2, 0) is 11.2 Å². The molecule has 1 amide bonds. The summed E-state index contributed by atoms with van der Waals surface area (Å²) in [6.07, 6.45) is 1.01. The largest absolute Gasteiger partial charge is 0.325 e. The minimum atomic E-state index is -0.159. The monoisotopic (exact) mass is 192 g/mol. The molecular formula is C11H16N2O. The van der Waals surface area contributed by atoms with E-state index in [-0.39, 0.29) is 12.5 Å². The third-order valence-electron chi connectivity index (χ3n) is 2.19. The number of carbonyl (C=O) groups excluding carboxylic acids is 1. The highest BCUT2D eigenvalue weighted by Crippen LogP contribution is 2.15. The van der Waals surface area contributed by atoms with E-state index in [9.17, 15) is 4.79 Å². The number of benzene rings is 1. The van der Waals surface area contributed by atoms with Crippen LogP contribution in [0.5, 0.6) is 0 Å². The maximum atomic E-state index is 11.0. The average molecular weight is 192 g/mol. The van der Waals surface area contributed by atoms with E-state index in [0.717, 1.165) is 12.1 Å². The van der Waals surface area contributed by atoms with Crippen LogP contribution in [0.4, 0.5) is 5.69 Å². The fourth-order valence-corrected chi connectivity index (χ4v) is 1.38. The van der Waals surface area contributed by atoms with Gasteiger partial charge in [0.1, 0.15) is 0 Å². The maximum absolute atomic E-state index is 11.0. The van der Waals surface area contributed by atoms with Crippen molar-refractivity contribution >= 4 is 11.6 Å². The van der Waals surface area contributed by atoms with Gasteiger partial charge in [-0.2, -0.15) is 0 Å². The molecule has 0 radical (unpaired) electrons. The van der Waals surface area contributed by atoms with Crippen molar-refractivity contribution in [1.29, 1.82) is 0 Å². The highest BCUT2D eigenvalue weighted by atomic mass is 16.1. The molecular weight excluding hydrogens is 176 g/mol. The first-order valence-corrected chi connectivity index (χ1v) is 4.76. The minimum absolute atomic E-state index is 0.0224. The van der Waals surface area contributed by atoms with Crippen molar-refractivity contribution in [2.45, 2.75) is 20.3 Å². The van der Waals surface area contributed by atoms with Crippen LogP contribution in [-0.4, -0.2) is 12.5 Å². The normalized spacial score (nSPS) is 9.93. The van der Waals surface area contributed by atoms with E-state index in [0.29, 0.717) is 0 Å². The van der Waals surface area contributed by atoms with E-state index < -0.39 is 0 Å². The molecule has 1 rings (SSSR count). The zero-order valence-electron chi connectivity index (χ0n) is 8.63. The molecule has 0 saturated heterocycles. The van der Waals surface area contributed by atoms with Crippen molar-refractivity contribution in [2.75, 3.05) is 11.9 Å². The summed E-state index contributed by atoms with van der Waals surface area (Å²) < 4.78 is 0. The predicted molar refractivity (Wildman–Crippen MR) is 58.2 cm³/mol. The van der Waals surface area contributed by atoms with Crippen LogP contribution in [0.1, 0.15) is 18.1 Å². The molecule has 76 valence electrons. The molecule has 0 fully saturated rings. The van der Waals surface area contributed by atoms with Crippen LogP contribution in [0, 0.1) is 6.92 Å². The molecule has 0 aliphatic heterocycles. The van der Waals surface area contributed by atoms with Gasteiger partial charge in [0.15, 0.2) is 0 Å². The third-order valence-corrected chi connectivity index (χ3v) is 2.19. The number of carbonyl (C=O) groups is 1. The highest BCUT2D eigenvalue weighted by molar-refractivity contribution is 5.92. The van der Waals surface area contributed by atoms with Crippen molar-refractivity contribution in [3.8, 4) is 0 Å². The van der Waals surface area contributed by atoms with Gasteiger partial charge in [0.25, 0.3) is 0 Å². The summed E-state index contributed by atoms with van der Waals surface area (Å²) >= 11 is 0. The van der Waals surface area contributed by atoms with Crippen LogP contribution in [0.15, 0.2) is 18.2 Å². The maximum Gasteiger partial charge on any atom is 0.238 e. The quantitative estimate of drug-likeness (QED) is 0.761. The van der Waals surface area contributed by atoms with Crippen LogP contribution in [0.2, 0.25) is 0 Å². The van der Waals surface area contributed by atoms with Gasteiger partial charge in [-0.05, 0) is 36.6 Å². The van der Waals surface area contributed by atoms with E-state index >= 15 is 0 Å². The van der Waals surface area contributed by atoms with Gasteiger partial charge in [-0.3, -0.25) is 4.79 Å². The van der Waals surface area contributed by atoms with Crippen molar-refractivity contribution < 1.29 is 4.79 Å². The molecule has 0 atom stereocenters. The van der Waals surface area contributed by atoms with E-state index in [1.165, 1.54) is 11.1 Å². The standard InChI is InChI=1S/C11H16N2O/c1-3-9-4-5-10(6-8(9)2)13-11(14)7-12/h4-6H,3,7,12H2,1-2H3,(H,13,14). The fourth-order valence-electron chi connectivity index (χ4n) is 1.38. The van der Waals surface area contributed by atoms with Crippen LogP contribution >= 0.6 is 0 Å². The molecule has 3 heteroatoms. The van der Waals surface area contributed by atoms with E-state index in [4.69, 9.17) is 5.73 Å². The number of nitrogens with two attached hydrogens (primary N) is 1. The van der Waals surface area contributed by atoms with Gasteiger partial charge in [-0.1, -0.05) is 13.0 Å². The summed E-state index contributed by atoms with van der Waals surface area (Å²) in [5.41, 5.74) is 8.52.